The third-order valence-corrected chi connectivity index (χ3v) is 3.41. The molecule has 80 valence electrons. The van der Waals surface area contributed by atoms with E-state index in [1.165, 1.54) is 0 Å². The van der Waals surface area contributed by atoms with Crippen molar-refractivity contribution < 1.29 is 0 Å². The average molecular weight is 240 g/mol. The number of hydrogen-bond donors (Lipinski definition) is 0. The molecule has 0 aliphatic carbocycles. The molecule has 0 heterocycles. The minimum Gasteiger partial charge on any atom is -0.198 e. The van der Waals surface area contributed by atoms with Crippen molar-refractivity contribution in [2.75, 3.05) is 0 Å². The topological polar surface area (TPSA) is 23.8 Å². The van der Waals surface area contributed by atoms with Crippen LogP contribution in [0.1, 0.15) is 32.3 Å². The van der Waals surface area contributed by atoms with E-state index < -0.39 is 0 Å². The lowest BCUT2D eigenvalue weighted by Gasteiger charge is -2.14. The van der Waals surface area contributed by atoms with E-state index in [2.05, 4.69) is 19.9 Å². The summed E-state index contributed by atoms with van der Waals surface area (Å²) in [7, 11) is 0. The molecule has 1 aromatic rings. The highest BCUT2D eigenvalue weighted by Gasteiger charge is 2.14. The molecule has 1 rings (SSSR count). The molecule has 1 atom stereocenters. The number of hydrogen-bond acceptors (Lipinski definition) is 2. The molecule has 15 heavy (non-hydrogen) atoms. The second kappa shape index (κ2) is 5.44. The van der Waals surface area contributed by atoms with E-state index in [9.17, 15) is 0 Å². The van der Waals surface area contributed by atoms with Crippen LogP contribution in [0, 0.1) is 11.3 Å². The molecule has 0 aliphatic heterocycles. The number of nitrogens with zero attached hydrogens (tertiary/aromatic N) is 1. The van der Waals surface area contributed by atoms with Crippen LogP contribution in [0.15, 0.2) is 23.1 Å². The Morgan fingerprint density at radius 1 is 1.33 bits per heavy atom. The molecule has 0 N–H and O–H groups in total. The van der Waals surface area contributed by atoms with Gasteiger partial charge in [-0.1, -0.05) is 31.5 Å². The molecule has 0 amide bonds. The van der Waals surface area contributed by atoms with Gasteiger partial charge < -0.3 is 0 Å². The Labute approximate surface area is 100 Å². The fourth-order valence-corrected chi connectivity index (χ4v) is 2.83. The molecule has 1 nitrogen and oxygen atoms in total. The van der Waals surface area contributed by atoms with Crippen LogP contribution in [0.2, 0.25) is 5.02 Å². The fraction of sp³-hybridized carbons (Fsp3) is 0.417. The van der Waals surface area contributed by atoms with Crippen molar-refractivity contribution in [1.82, 2.24) is 0 Å². The van der Waals surface area contributed by atoms with Crippen molar-refractivity contribution in [3.63, 3.8) is 0 Å². The number of halogens is 1. The molecule has 0 spiro atoms. The van der Waals surface area contributed by atoms with Crippen molar-refractivity contribution >= 4 is 23.4 Å². The average Bonchev–Trinajstić information content (AvgIpc) is 2.16. The van der Waals surface area contributed by atoms with E-state index in [1.807, 2.05) is 25.1 Å². The zero-order valence-electron chi connectivity index (χ0n) is 9.12. The summed E-state index contributed by atoms with van der Waals surface area (Å²) < 4.78 is 0. The van der Waals surface area contributed by atoms with Gasteiger partial charge >= 0.3 is 0 Å². The van der Waals surface area contributed by atoms with Crippen molar-refractivity contribution in [3.05, 3.63) is 28.8 Å². The summed E-state index contributed by atoms with van der Waals surface area (Å²) in [5.41, 5.74) is 0.959. The lowest BCUT2D eigenvalue weighted by molar-refractivity contribution is 0.945. The van der Waals surface area contributed by atoms with Crippen molar-refractivity contribution in [2.24, 2.45) is 0 Å². The summed E-state index contributed by atoms with van der Waals surface area (Å²) in [6.45, 7) is 6.14. The predicted molar refractivity (Wildman–Crippen MR) is 66.5 cm³/mol. The largest absolute Gasteiger partial charge is 0.198 e. The van der Waals surface area contributed by atoms with Crippen LogP contribution < -0.4 is 0 Å². The molecule has 0 aromatic heterocycles. The quantitative estimate of drug-likeness (QED) is 0.727. The number of rotatable bonds is 3. The normalized spacial score (nSPS) is 12.5. The fourth-order valence-electron chi connectivity index (χ4n) is 1.36. The van der Waals surface area contributed by atoms with Crippen LogP contribution in [0.3, 0.4) is 0 Å². The first kappa shape index (κ1) is 12.4. The third kappa shape index (κ3) is 3.15. The van der Waals surface area contributed by atoms with E-state index >= 15 is 0 Å². The van der Waals surface area contributed by atoms with Gasteiger partial charge in [-0.3, -0.25) is 0 Å². The van der Waals surface area contributed by atoms with Crippen molar-refractivity contribution in [3.8, 4) is 6.07 Å². The Morgan fingerprint density at radius 3 is 2.53 bits per heavy atom. The van der Waals surface area contributed by atoms with Crippen LogP contribution in [0.4, 0.5) is 0 Å². The number of thioether (sulfide) groups is 1. The van der Waals surface area contributed by atoms with E-state index in [-0.39, 0.29) is 5.92 Å². The van der Waals surface area contributed by atoms with Gasteiger partial charge in [0.1, 0.15) is 0 Å². The maximum Gasteiger partial charge on any atom is 0.0710 e. The molecule has 0 saturated heterocycles. The van der Waals surface area contributed by atoms with Gasteiger partial charge in [-0.2, -0.15) is 5.26 Å². The SMILES string of the molecule is CC(C)Sc1cccc(Cl)c1C(C)C#N. The molecule has 0 bridgehead atoms. The molecule has 0 fully saturated rings. The predicted octanol–water partition coefficient (Wildman–Crippen LogP) is 4.47. The first-order chi connectivity index (χ1) is 7.06. The first-order valence-corrected chi connectivity index (χ1v) is 6.16. The van der Waals surface area contributed by atoms with Gasteiger partial charge in [0, 0.05) is 20.7 Å². The van der Waals surface area contributed by atoms with E-state index in [0.29, 0.717) is 10.3 Å². The highest BCUT2D eigenvalue weighted by atomic mass is 35.5. The maximum atomic E-state index is 8.95. The summed E-state index contributed by atoms with van der Waals surface area (Å²) in [6.07, 6.45) is 0. The molecule has 0 radical (unpaired) electrons. The molecule has 3 heteroatoms. The highest BCUT2D eigenvalue weighted by molar-refractivity contribution is 8.00. The summed E-state index contributed by atoms with van der Waals surface area (Å²) in [4.78, 5) is 1.12. The second-order valence-electron chi connectivity index (χ2n) is 3.67. The van der Waals surface area contributed by atoms with Crippen LogP contribution in [-0.4, -0.2) is 5.25 Å². The van der Waals surface area contributed by atoms with Gasteiger partial charge in [0.25, 0.3) is 0 Å². The number of nitriles is 1. The van der Waals surface area contributed by atoms with Crippen molar-refractivity contribution in [2.45, 2.75) is 36.8 Å². The zero-order chi connectivity index (χ0) is 11.4. The van der Waals surface area contributed by atoms with Crippen LogP contribution in [-0.2, 0) is 0 Å². The van der Waals surface area contributed by atoms with E-state index in [1.54, 1.807) is 11.8 Å². The Kier molecular flexibility index (Phi) is 4.50. The first-order valence-electron chi connectivity index (χ1n) is 4.91. The van der Waals surface area contributed by atoms with E-state index in [0.717, 1.165) is 10.5 Å². The molecular weight excluding hydrogens is 226 g/mol. The summed E-state index contributed by atoms with van der Waals surface area (Å²) in [6, 6.07) is 8.04. The van der Waals surface area contributed by atoms with Gasteiger partial charge in [0.15, 0.2) is 0 Å². The highest BCUT2D eigenvalue weighted by Crippen LogP contribution is 2.35. The second-order valence-corrected chi connectivity index (χ2v) is 5.69. The monoisotopic (exact) mass is 239 g/mol. The Bertz CT molecular complexity index is 382. The van der Waals surface area contributed by atoms with Gasteiger partial charge in [0.05, 0.1) is 12.0 Å². The number of benzene rings is 1. The summed E-state index contributed by atoms with van der Waals surface area (Å²) in [5.74, 6) is -0.153. The summed E-state index contributed by atoms with van der Waals surface area (Å²) >= 11 is 7.87. The third-order valence-electron chi connectivity index (χ3n) is 2.00. The molecular formula is C12H14ClNS. The van der Waals surface area contributed by atoms with E-state index in [4.69, 9.17) is 16.9 Å². The minimum absolute atomic E-state index is 0.153. The Hall–Kier alpha value is -0.650. The van der Waals surface area contributed by atoms with Crippen molar-refractivity contribution in [1.29, 1.82) is 5.26 Å². The Morgan fingerprint density at radius 2 is 2.00 bits per heavy atom. The van der Waals surface area contributed by atoms with Gasteiger partial charge in [-0.05, 0) is 19.1 Å². The molecule has 0 aliphatic rings. The van der Waals surface area contributed by atoms with Crippen LogP contribution in [0.5, 0.6) is 0 Å². The Balaban J connectivity index is 3.15. The molecule has 1 aromatic carbocycles. The standard InChI is InChI=1S/C12H14ClNS/c1-8(2)15-11-6-4-5-10(13)12(11)9(3)7-14/h4-6,8-9H,1-3H3. The van der Waals surface area contributed by atoms with Crippen LogP contribution >= 0.6 is 23.4 Å². The van der Waals surface area contributed by atoms with Crippen LogP contribution in [0.25, 0.3) is 0 Å². The maximum absolute atomic E-state index is 8.95. The zero-order valence-corrected chi connectivity index (χ0v) is 10.7. The molecule has 1 unspecified atom stereocenters. The lowest BCUT2D eigenvalue weighted by atomic mass is 10.0. The smallest absolute Gasteiger partial charge is 0.0710 e. The lowest BCUT2D eigenvalue weighted by Crippen LogP contribution is -1.96. The minimum atomic E-state index is -0.153. The van der Waals surface area contributed by atoms with Gasteiger partial charge in [-0.15, -0.1) is 11.8 Å². The molecule has 0 saturated carbocycles. The van der Waals surface area contributed by atoms with Gasteiger partial charge in [-0.25, -0.2) is 0 Å². The summed E-state index contributed by atoms with van der Waals surface area (Å²) in [5, 5.41) is 10.1. The van der Waals surface area contributed by atoms with Gasteiger partial charge in [0.2, 0.25) is 0 Å².